The summed E-state index contributed by atoms with van der Waals surface area (Å²) in [7, 11) is 0. The number of thiocarbonyl (C=S) groups is 1. The number of hydrogen-bond acceptors (Lipinski definition) is 4. The number of nitrogens with zero attached hydrogens (tertiary/aromatic N) is 2. The Balaban J connectivity index is 1.29. The standard InChI is InChI=1S/C22H25N3O2S2/c1-15-5-7-16(8-6-15)10-23-20(26)14-29-22(28)24-11-17-9-18(13-24)19-3-2-4-21(27)25(19)12-17/h2-8,17-18H,9-14H2,1H3,(H,23,26)/t17-,18+/m1/s1. The summed E-state index contributed by atoms with van der Waals surface area (Å²) in [5.41, 5.74) is 3.50. The Bertz CT molecular complexity index is 971. The number of fused-ring (bicyclic) bond motifs is 4. The zero-order valence-electron chi connectivity index (χ0n) is 16.5. The van der Waals surface area contributed by atoms with Gasteiger partial charge in [-0.2, -0.15) is 0 Å². The van der Waals surface area contributed by atoms with E-state index in [9.17, 15) is 9.59 Å². The number of aromatic nitrogens is 1. The van der Waals surface area contributed by atoms with Gasteiger partial charge in [-0.1, -0.05) is 59.9 Å². The van der Waals surface area contributed by atoms with E-state index in [4.69, 9.17) is 12.2 Å². The average molecular weight is 428 g/mol. The van der Waals surface area contributed by atoms with E-state index in [0.29, 0.717) is 24.1 Å². The lowest BCUT2D eigenvalue weighted by Crippen LogP contribution is -2.48. The van der Waals surface area contributed by atoms with Crippen molar-refractivity contribution in [2.75, 3.05) is 18.8 Å². The van der Waals surface area contributed by atoms with Gasteiger partial charge in [0.25, 0.3) is 5.56 Å². The van der Waals surface area contributed by atoms with Gasteiger partial charge in [-0.3, -0.25) is 9.59 Å². The number of rotatable bonds is 4. The molecule has 7 heteroatoms. The lowest BCUT2D eigenvalue weighted by molar-refractivity contribution is -0.118. The molecule has 1 aromatic heterocycles. The molecule has 1 aromatic carbocycles. The molecular weight excluding hydrogens is 402 g/mol. The number of pyridine rings is 1. The highest BCUT2D eigenvalue weighted by atomic mass is 32.2. The Morgan fingerprint density at radius 1 is 1.17 bits per heavy atom. The normalized spacial score (nSPS) is 20.1. The van der Waals surface area contributed by atoms with Gasteiger partial charge >= 0.3 is 0 Å². The molecule has 2 aliphatic rings. The van der Waals surface area contributed by atoms with Crippen molar-refractivity contribution < 1.29 is 4.79 Å². The molecule has 0 saturated carbocycles. The number of piperidine rings is 1. The molecule has 29 heavy (non-hydrogen) atoms. The van der Waals surface area contributed by atoms with E-state index in [0.717, 1.165) is 41.6 Å². The van der Waals surface area contributed by atoms with Crippen LogP contribution in [0.2, 0.25) is 0 Å². The highest BCUT2D eigenvalue weighted by Crippen LogP contribution is 2.35. The van der Waals surface area contributed by atoms with Crippen molar-refractivity contribution in [1.29, 1.82) is 0 Å². The zero-order chi connectivity index (χ0) is 20.4. The number of thioether (sulfide) groups is 1. The van der Waals surface area contributed by atoms with Crippen LogP contribution in [0.4, 0.5) is 0 Å². The molecule has 0 unspecified atom stereocenters. The van der Waals surface area contributed by atoms with E-state index in [1.54, 1.807) is 6.07 Å². The Hall–Kier alpha value is -2.12. The van der Waals surface area contributed by atoms with Gasteiger partial charge in [0, 0.05) is 43.9 Å². The SMILES string of the molecule is Cc1ccc(CNC(=O)CSC(=S)N2C[C@H]3C[C@@H](C2)c2cccc(=O)n2C3)cc1. The van der Waals surface area contributed by atoms with Gasteiger partial charge in [0.1, 0.15) is 4.32 Å². The predicted octanol–water partition coefficient (Wildman–Crippen LogP) is 2.91. The molecule has 3 heterocycles. The van der Waals surface area contributed by atoms with E-state index in [-0.39, 0.29) is 11.5 Å². The molecule has 1 saturated heterocycles. The second-order valence-electron chi connectivity index (χ2n) is 7.92. The first-order valence-corrected chi connectivity index (χ1v) is 11.3. The van der Waals surface area contributed by atoms with Gasteiger partial charge in [-0.05, 0) is 30.9 Å². The maximum absolute atomic E-state index is 12.2. The van der Waals surface area contributed by atoms with Crippen LogP contribution in [0.25, 0.3) is 0 Å². The van der Waals surface area contributed by atoms with Gasteiger partial charge in [-0.25, -0.2) is 0 Å². The van der Waals surface area contributed by atoms with Crippen molar-refractivity contribution >= 4 is 34.2 Å². The molecule has 1 fully saturated rings. The van der Waals surface area contributed by atoms with Crippen LogP contribution < -0.4 is 10.9 Å². The fourth-order valence-corrected chi connectivity index (χ4v) is 5.24. The molecule has 0 spiro atoms. The lowest BCUT2D eigenvalue weighted by Gasteiger charge is -2.43. The molecule has 2 aliphatic heterocycles. The molecule has 2 atom stereocenters. The van der Waals surface area contributed by atoms with Gasteiger partial charge in [0.05, 0.1) is 5.75 Å². The number of benzene rings is 1. The number of likely N-dealkylation sites (tertiary alicyclic amines) is 1. The molecule has 0 radical (unpaired) electrons. The Labute approximate surface area is 180 Å². The molecule has 2 aromatic rings. The van der Waals surface area contributed by atoms with E-state index in [2.05, 4.69) is 16.3 Å². The minimum absolute atomic E-state index is 0.00738. The van der Waals surface area contributed by atoms with Crippen molar-refractivity contribution in [2.45, 2.75) is 32.4 Å². The second kappa shape index (κ2) is 8.71. The van der Waals surface area contributed by atoms with Crippen molar-refractivity contribution in [3.63, 3.8) is 0 Å². The van der Waals surface area contributed by atoms with E-state index < -0.39 is 0 Å². The molecule has 1 N–H and O–H groups in total. The second-order valence-corrected chi connectivity index (χ2v) is 9.53. The van der Waals surface area contributed by atoms with Crippen molar-refractivity contribution in [3.8, 4) is 0 Å². The first-order chi connectivity index (χ1) is 14.0. The third kappa shape index (κ3) is 4.73. The topological polar surface area (TPSA) is 54.3 Å². The van der Waals surface area contributed by atoms with Crippen molar-refractivity contribution in [3.05, 3.63) is 69.6 Å². The molecule has 1 amide bonds. The third-order valence-corrected chi connectivity index (χ3v) is 7.20. The number of amides is 1. The summed E-state index contributed by atoms with van der Waals surface area (Å²) in [6.45, 7) is 5.01. The van der Waals surface area contributed by atoms with Crippen LogP contribution in [-0.4, -0.2) is 38.5 Å². The Kier molecular flexibility index (Phi) is 6.06. The fourth-order valence-electron chi connectivity index (χ4n) is 4.22. The quantitative estimate of drug-likeness (QED) is 0.761. The molecule has 2 bridgehead atoms. The predicted molar refractivity (Wildman–Crippen MR) is 121 cm³/mol. The van der Waals surface area contributed by atoms with Crippen LogP contribution in [0, 0.1) is 12.8 Å². The summed E-state index contributed by atoms with van der Waals surface area (Å²) in [5.74, 6) is 1.07. The maximum Gasteiger partial charge on any atom is 0.250 e. The van der Waals surface area contributed by atoms with E-state index in [1.807, 2.05) is 41.8 Å². The Morgan fingerprint density at radius 2 is 1.97 bits per heavy atom. The van der Waals surface area contributed by atoms with Crippen LogP contribution in [-0.2, 0) is 17.9 Å². The number of carbonyl (C=O) groups excluding carboxylic acids is 1. The highest BCUT2D eigenvalue weighted by molar-refractivity contribution is 8.23. The summed E-state index contributed by atoms with van der Waals surface area (Å²) in [4.78, 5) is 26.6. The summed E-state index contributed by atoms with van der Waals surface area (Å²) < 4.78 is 2.70. The number of nitrogens with one attached hydrogen (secondary N) is 1. The molecule has 0 aliphatic carbocycles. The van der Waals surface area contributed by atoms with E-state index in [1.165, 1.54) is 17.3 Å². The smallest absolute Gasteiger partial charge is 0.250 e. The molecule has 4 rings (SSSR count). The average Bonchev–Trinajstić information content (AvgIpc) is 2.72. The minimum Gasteiger partial charge on any atom is -0.356 e. The Morgan fingerprint density at radius 3 is 2.76 bits per heavy atom. The van der Waals surface area contributed by atoms with Crippen molar-refractivity contribution in [1.82, 2.24) is 14.8 Å². The summed E-state index contributed by atoms with van der Waals surface area (Å²) >= 11 is 7.06. The minimum atomic E-state index is -0.00738. The largest absolute Gasteiger partial charge is 0.356 e. The van der Waals surface area contributed by atoms with Crippen LogP contribution in [0.5, 0.6) is 0 Å². The molecule has 5 nitrogen and oxygen atoms in total. The molecule has 152 valence electrons. The van der Waals surface area contributed by atoms with Gasteiger partial charge < -0.3 is 14.8 Å². The summed E-state index contributed by atoms with van der Waals surface area (Å²) in [6, 6.07) is 13.7. The highest BCUT2D eigenvalue weighted by Gasteiger charge is 2.35. The molecular formula is C22H25N3O2S2. The summed E-state index contributed by atoms with van der Waals surface area (Å²) in [6.07, 6.45) is 1.10. The van der Waals surface area contributed by atoms with Gasteiger partial charge in [-0.15, -0.1) is 0 Å². The van der Waals surface area contributed by atoms with Crippen LogP contribution in [0.15, 0.2) is 47.3 Å². The maximum atomic E-state index is 12.2. The first kappa shape index (κ1) is 20.2. The number of aryl methyl sites for hydroxylation is 1. The zero-order valence-corrected chi connectivity index (χ0v) is 18.1. The van der Waals surface area contributed by atoms with Crippen molar-refractivity contribution in [2.24, 2.45) is 5.92 Å². The number of carbonyl (C=O) groups is 1. The lowest BCUT2D eigenvalue weighted by atomic mass is 9.83. The van der Waals surface area contributed by atoms with Crippen LogP contribution in [0.3, 0.4) is 0 Å². The van der Waals surface area contributed by atoms with E-state index >= 15 is 0 Å². The first-order valence-electron chi connectivity index (χ1n) is 9.93. The van der Waals surface area contributed by atoms with Gasteiger partial charge in [0.2, 0.25) is 5.91 Å². The van der Waals surface area contributed by atoms with Crippen LogP contribution >= 0.6 is 24.0 Å². The van der Waals surface area contributed by atoms with Crippen LogP contribution in [0.1, 0.15) is 29.2 Å². The van der Waals surface area contributed by atoms with Gasteiger partial charge in [0.15, 0.2) is 0 Å². The monoisotopic (exact) mass is 427 g/mol. The number of hydrogen-bond donors (Lipinski definition) is 1. The fraction of sp³-hybridized carbons (Fsp3) is 0.409. The third-order valence-electron chi connectivity index (χ3n) is 5.67. The summed E-state index contributed by atoms with van der Waals surface area (Å²) in [5, 5.41) is 2.96.